The van der Waals surface area contributed by atoms with Crippen LogP contribution in [0.2, 0.25) is 0 Å². The Kier molecular flexibility index (Phi) is 8.14. The van der Waals surface area contributed by atoms with Gasteiger partial charge in [0.05, 0.1) is 35.6 Å². The Balaban J connectivity index is 1.97. The van der Waals surface area contributed by atoms with Gasteiger partial charge in [-0.05, 0) is 67.1 Å². The molecule has 8 nitrogen and oxygen atoms in total. The molecule has 0 radical (unpaired) electrons. The molecule has 3 aromatic rings. The van der Waals surface area contributed by atoms with Crippen molar-refractivity contribution < 1.29 is 19.0 Å². The molecule has 0 saturated heterocycles. The second-order valence-electron chi connectivity index (χ2n) is 8.19. The zero-order chi connectivity index (χ0) is 26.7. The summed E-state index contributed by atoms with van der Waals surface area (Å²) in [5.41, 5.74) is 2.98. The summed E-state index contributed by atoms with van der Waals surface area (Å²) >= 11 is 3.37. The van der Waals surface area contributed by atoms with E-state index in [1.165, 1.54) is 18.4 Å². The largest absolute Gasteiger partial charge is 0.493 e. The van der Waals surface area contributed by atoms with Gasteiger partial charge in [-0.25, -0.2) is 9.79 Å². The zero-order valence-electron chi connectivity index (χ0n) is 20.7. The van der Waals surface area contributed by atoms with E-state index in [0.29, 0.717) is 37.7 Å². The molecule has 0 spiro atoms. The molecule has 1 aliphatic heterocycles. The number of esters is 1. The highest BCUT2D eigenvalue weighted by atomic mass is 127. The lowest BCUT2D eigenvalue weighted by Gasteiger charge is -2.24. The van der Waals surface area contributed by atoms with Gasteiger partial charge in [0.15, 0.2) is 22.9 Å². The van der Waals surface area contributed by atoms with Crippen LogP contribution in [-0.2, 0) is 9.53 Å². The number of hydrogen-bond donors (Lipinski definition) is 0. The SMILES string of the molecule is CCOC(=O)C1=C(C)N=c2s/c(=C\c3cc(I)cc(OC)c3OCC#N)c(=O)n2[C@@H]1c1ccc(C)cc1. The lowest BCUT2D eigenvalue weighted by Crippen LogP contribution is -2.39. The normalized spacial score (nSPS) is 15.0. The molecule has 0 fully saturated rings. The Morgan fingerprint density at radius 3 is 2.65 bits per heavy atom. The van der Waals surface area contributed by atoms with Crippen molar-refractivity contribution in [1.29, 1.82) is 5.26 Å². The summed E-state index contributed by atoms with van der Waals surface area (Å²) in [6, 6.07) is 12.6. The van der Waals surface area contributed by atoms with E-state index in [9.17, 15) is 9.59 Å². The lowest BCUT2D eigenvalue weighted by atomic mass is 9.95. The number of aryl methyl sites for hydroxylation is 1. The number of rotatable bonds is 7. The molecule has 2 heterocycles. The predicted molar refractivity (Wildman–Crippen MR) is 148 cm³/mol. The monoisotopic (exact) mass is 629 g/mol. The van der Waals surface area contributed by atoms with Crippen LogP contribution in [0, 0.1) is 21.8 Å². The summed E-state index contributed by atoms with van der Waals surface area (Å²) in [5.74, 6) is 0.325. The fraction of sp³-hybridized carbons (Fsp3) is 0.259. The smallest absolute Gasteiger partial charge is 0.338 e. The zero-order valence-corrected chi connectivity index (χ0v) is 23.7. The van der Waals surface area contributed by atoms with E-state index in [0.717, 1.165) is 14.7 Å². The van der Waals surface area contributed by atoms with Crippen LogP contribution in [0.4, 0.5) is 0 Å². The molecule has 1 aromatic heterocycles. The summed E-state index contributed by atoms with van der Waals surface area (Å²) < 4.78 is 19.3. The summed E-state index contributed by atoms with van der Waals surface area (Å²) in [6.45, 7) is 5.51. The van der Waals surface area contributed by atoms with Crippen molar-refractivity contribution in [1.82, 2.24) is 4.57 Å². The molecule has 1 aliphatic rings. The maximum Gasteiger partial charge on any atom is 0.338 e. The number of fused-ring (bicyclic) bond motifs is 1. The van der Waals surface area contributed by atoms with Gasteiger partial charge >= 0.3 is 5.97 Å². The Morgan fingerprint density at radius 2 is 2.00 bits per heavy atom. The maximum absolute atomic E-state index is 13.8. The number of ether oxygens (including phenoxy) is 3. The summed E-state index contributed by atoms with van der Waals surface area (Å²) in [6.07, 6.45) is 1.71. The third-order valence-corrected chi connectivity index (χ3v) is 7.35. The fourth-order valence-electron chi connectivity index (χ4n) is 4.10. The quantitative estimate of drug-likeness (QED) is 0.292. The van der Waals surface area contributed by atoms with E-state index in [-0.39, 0.29) is 18.8 Å². The van der Waals surface area contributed by atoms with Gasteiger partial charge in [0, 0.05) is 9.13 Å². The van der Waals surface area contributed by atoms with Gasteiger partial charge in [-0.2, -0.15) is 5.26 Å². The average Bonchev–Trinajstić information content (AvgIpc) is 3.17. The molecule has 0 aliphatic carbocycles. The molecular formula is C27H24IN3O5S. The number of methoxy groups -OCH3 is 1. The number of halogens is 1. The number of benzene rings is 2. The van der Waals surface area contributed by atoms with Crippen molar-refractivity contribution in [3.05, 3.63) is 87.6 Å². The Hall–Kier alpha value is -3.43. The minimum atomic E-state index is -0.683. The fourth-order valence-corrected chi connectivity index (χ4v) is 5.76. The third kappa shape index (κ3) is 5.33. The Labute approximate surface area is 231 Å². The van der Waals surface area contributed by atoms with Gasteiger partial charge in [0.1, 0.15) is 6.07 Å². The Morgan fingerprint density at radius 1 is 1.27 bits per heavy atom. The number of nitrogens with zero attached hydrogens (tertiary/aromatic N) is 3. The molecule has 0 saturated carbocycles. The number of hydrogen-bond acceptors (Lipinski definition) is 8. The number of aromatic nitrogens is 1. The van der Waals surface area contributed by atoms with Gasteiger partial charge in [-0.3, -0.25) is 9.36 Å². The molecular weight excluding hydrogens is 605 g/mol. The van der Waals surface area contributed by atoms with E-state index >= 15 is 0 Å². The van der Waals surface area contributed by atoms with E-state index < -0.39 is 12.0 Å². The topological polar surface area (TPSA) is 103 Å². The highest BCUT2D eigenvalue weighted by Gasteiger charge is 2.33. The van der Waals surface area contributed by atoms with Crippen molar-refractivity contribution in [3.63, 3.8) is 0 Å². The van der Waals surface area contributed by atoms with Gasteiger partial charge < -0.3 is 14.2 Å². The lowest BCUT2D eigenvalue weighted by molar-refractivity contribution is -0.139. The van der Waals surface area contributed by atoms with Crippen molar-refractivity contribution in [3.8, 4) is 17.6 Å². The van der Waals surface area contributed by atoms with Crippen molar-refractivity contribution in [2.45, 2.75) is 26.8 Å². The first-order valence-electron chi connectivity index (χ1n) is 11.4. The molecule has 0 unspecified atom stereocenters. The first kappa shape index (κ1) is 26.6. The molecule has 10 heteroatoms. The average molecular weight is 629 g/mol. The molecule has 1 atom stereocenters. The second kappa shape index (κ2) is 11.3. The van der Waals surface area contributed by atoms with Crippen LogP contribution in [0.15, 0.2) is 57.5 Å². The molecule has 4 rings (SSSR count). The van der Waals surface area contributed by atoms with E-state index in [1.54, 1.807) is 30.6 Å². The Bertz CT molecular complexity index is 1610. The second-order valence-corrected chi connectivity index (χ2v) is 10.4. The highest BCUT2D eigenvalue weighted by Crippen LogP contribution is 2.34. The van der Waals surface area contributed by atoms with Gasteiger partial charge in [-0.1, -0.05) is 41.2 Å². The summed E-state index contributed by atoms with van der Waals surface area (Å²) in [4.78, 5) is 31.9. The molecule has 0 amide bonds. The summed E-state index contributed by atoms with van der Waals surface area (Å²) in [5, 5.41) is 9.03. The third-order valence-electron chi connectivity index (χ3n) is 5.75. The van der Waals surface area contributed by atoms with Gasteiger partial charge in [-0.15, -0.1) is 0 Å². The van der Waals surface area contributed by atoms with Crippen LogP contribution in [-0.4, -0.2) is 30.9 Å². The molecule has 0 N–H and O–H groups in total. The van der Waals surface area contributed by atoms with Crippen LogP contribution in [0.25, 0.3) is 6.08 Å². The number of allylic oxidation sites excluding steroid dienone is 1. The van der Waals surface area contributed by atoms with Crippen LogP contribution < -0.4 is 24.4 Å². The molecule has 0 bridgehead atoms. The van der Waals surface area contributed by atoms with Crippen molar-refractivity contribution in [2.75, 3.05) is 20.3 Å². The number of carbonyl (C=O) groups is 1. The molecule has 2 aromatic carbocycles. The minimum absolute atomic E-state index is 0.172. The van der Waals surface area contributed by atoms with Crippen LogP contribution >= 0.6 is 33.9 Å². The first-order valence-corrected chi connectivity index (χ1v) is 13.3. The van der Waals surface area contributed by atoms with Gasteiger partial charge in [0.25, 0.3) is 5.56 Å². The number of thiazole rings is 1. The van der Waals surface area contributed by atoms with Gasteiger partial charge in [0.2, 0.25) is 0 Å². The van der Waals surface area contributed by atoms with Crippen LogP contribution in [0.3, 0.4) is 0 Å². The standard InChI is InChI=1S/C27H24IN3O5S/c1-5-35-26(33)22-16(3)30-27-31(23(22)17-8-6-15(2)7-9-17)25(32)21(37-27)13-18-12-19(28)14-20(34-4)24(18)36-11-10-29/h6-9,12-14,23H,5,11H2,1-4H3/b21-13-/t23-/m1/s1. The van der Waals surface area contributed by atoms with E-state index in [2.05, 4.69) is 27.6 Å². The minimum Gasteiger partial charge on any atom is -0.493 e. The summed E-state index contributed by atoms with van der Waals surface area (Å²) in [7, 11) is 1.52. The van der Waals surface area contributed by atoms with Crippen molar-refractivity contribution in [2.24, 2.45) is 4.99 Å². The maximum atomic E-state index is 13.8. The molecule has 37 heavy (non-hydrogen) atoms. The highest BCUT2D eigenvalue weighted by molar-refractivity contribution is 14.1. The molecule has 190 valence electrons. The van der Waals surface area contributed by atoms with Crippen molar-refractivity contribution >= 4 is 46.0 Å². The first-order chi connectivity index (χ1) is 17.8. The van der Waals surface area contributed by atoms with Crippen LogP contribution in [0.1, 0.15) is 36.6 Å². The van der Waals surface area contributed by atoms with E-state index in [4.69, 9.17) is 19.5 Å². The number of nitriles is 1. The van der Waals surface area contributed by atoms with E-state index in [1.807, 2.05) is 43.3 Å². The predicted octanol–water partition coefficient (Wildman–Crippen LogP) is 3.62. The van der Waals surface area contributed by atoms with Crippen LogP contribution in [0.5, 0.6) is 11.5 Å². The number of carbonyl (C=O) groups excluding carboxylic acids is 1.